The molecule has 27 heavy (non-hydrogen) atoms. The lowest BCUT2D eigenvalue weighted by Gasteiger charge is -2.20. The number of nitrogens with zero attached hydrogens (tertiary/aromatic N) is 4. The van der Waals surface area contributed by atoms with Crippen molar-refractivity contribution in [2.45, 2.75) is 32.0 Å². The first-order chi connectivity index (χ1) is 13.1. The lowest BCUT2D eigenvalue weighted by molar-refractivity contribution is -0.384. The zero-order valence-corrected chi connectivity index (χ0v) is 14.4. The van der Waals surface area contributed by atoms with Gasteiger partial charge in [-0.05, 0) is 31.0 Å². The lowest BCUT2D eigenvalue weighted by atomic mass is 10.2. The topological polar surface area (TPSA) is 85.3 Å². The third kappa shape index (κ3) is 4.01. The van der Waals surface area contributed by atoms with Gasteiger partial charge in [-0.2, -0.15) is 0 Å². The molecule has 0 saturated heterocycles. The van der Waals surface area contributed by atoms with Crippen LogP contribution in [-0.2, 0) is 13.1 Å². The Balaban J connectivity index is 1.48. The second-order valence-electron chi connectivity index (χ2n) is 6.53. The number of nitro groups is 1. The molecule has 4 rings (SSSR count). The minimum Gasteiger partial charge on any atom is -0.419 e. The first-order valence-corrected chi connectivity index (χ1v) is 8.65. The molecule has 0 amide bonds. The van der Waals surface area contributed by atoms with Crippen molar-refractivity contribution >= 4 is 5.69 Å². The molecule has 8 heteroatoms. The Labute approximate surface area is 154 Å². The van der Waals surface area contributed by atoms with Crippen molar-refractivity contribution in [3.8, 4) is 11.5 Å². The molecule has 138 valence electrons. The van der Waals surface area contributed by atoms with Crippen LogP contribution in [0.5, 0.6) is 0 Å². The number of rotatable bonds is 7. The van der Waals surface area contributed by atoms with Crippen molar-refractivity contribution in [1.82, 2.24) is 15.1 Å². The van der Waals surface area contributed by atoms with Gasteiger partial charge >= 0.3 is 0 Å². The highest BCUT2D eigenvalue weighted by atomic mass is 19.1. The molecule has 1 aliphatic rings. The number of benzene rings is 2. The van der Waals surface area contributed by atoms with Gasteiger partial charge in [0.15, 0.2) is 0 Å². The van der Waals surface area contributed by atoms with Gasteiger partial charge in [-0.15, -0.1) is 10.2 Å². The molecule has 0 radical (unpaired) electrons. The number of halogens is 1. The van der Waals surface area contributed by atoms with E-state index in [1.165, 1.54) is 18.2 Å². The van der Waals surface area contributed by atoms with E-state index in [-0.39, 0.29) is 11.5 Å². The predicted octanol–water partition coefficient (Wildman–Crippen LogP) is 3.95. The fourth-order valence-corrected chi connectivity index (χ4v) is 2.93. The molecule has 0 spiro atoms. The van der Waals surface area contributed by atoms with Gasteiger partial charge in [0.1, 0.15) is 5.82 Å². The Morgan fingerprint density at radius 3 is 2.52 bits per heavy atom. The summed E-state index contributed by atoms with van der Waals surface area (Å²) in [5.74, 6) is 0.522. The molecule has 2 aromatic carbocycles. The van der Waals surface area contributed by atoms with Crippen molar-refractivity contribution < 1.29 is 13.7 Å². The van der Waals surface area contributed by atoms with Gasteiger partial charge in [0.25, 0.3) is 5.69 Å². The molecule has 1 aromatic heterocycles. The van der Waals surface area contributed by atoms with Gasteiger partial charge in [-0.1, -0.05) is 18.2 Å². The van der Waals surface area contributed by atoms with Gasteiger partial charge in [-0.3, -0.25) is 15.0 Å². The maximum atomic E-state index is 14.0. The van der Waals surface area contributed by atoms with Crippen molar-refractivity contribution in [3.05, 3.63) is 75.9 Å². The van der Waals surface area contributed by atoms with Crippen molar-refractivity contribution in [3.63, 3.8) is 0 Å². The van der Waals surface area contributed by atoms with Crippen LogP contribution in [-0.4, -0.2) is 26.1 Å². The standard InChI is InChI=1S/C19H17FN4O3/c20-17-4-2-1-3-14(17)11-23(15-9-10-15)12-18-21-22-19(27-18)13-5-7-16(8-6-13)24(25)26/h1-8,15H,9-12H2. The van der Waals surface area contributed by atoms with Gasteiger partial charge in [0.2, 0.25) is 11.8 Å². The monoisotopic (exact) mass is 368 g/mol. The van der Waals surface area contributed by atoms with Crippen LogP contribution in [0.1, 0.15) is 24.3 Å². The average molecular weight is 368 g/mol. The Morgan fingerprint density at radius 1 is 1.11 bits per heavy atom. The fraction of sp³-hybridized carbons (Fsp3) is 0.263. The molecule has 1 saturated carbocycles. The van der Waals surface area contributed by atoms with Gasteiger partial charge in [-0.25, -0.2) is 4.39 Å². The fourth-order valence-electron chi connectivity index (χ4n) is 2.93. The van der Waals surface area contributed by atoms with Gasteiger partial charge in [0.05, 0.1) is 11.5 Å². The molecule has 1 fully saturated rings. The Bertz CT molecular complexity index is 954. The molecule has 0 aliphatic heterocycles. The van der Waals surface area contributed by atoms with Crippen LogP contribution < -0.4 is 0 Å². The highest BCUT2D eigenvalue weighted by molar-refractivity contribution is 5.55. The Morgan fingerprint density at radius 2 is 1.85 bits per heavy atom. The predicted molar refractivity (Wildman–Crippen MR) is 95.1 cm³/mol. The first-order valence-electron chi connectivity index (χ1n) is 8.65. The maximum Gasteiger partial charge on any atom is 0.269 e. The summed E-state index contributed by atoms with van der Waals surface area (Å²) in [6.45, 7) is 0.908. The van der Waals surface area contributed by atoms with Crippen LogP contribution in [0.3, 0.4) is 0 Å². The third-order valence-corrected chi connectivity index (χ3v) is 4.52. The van der Waals surface area contributed by atoms with E-state index in [4.69, 9.17) is 4.42 Å². The molecular weight excluding hydrogens is 351 g/mol. The minimum atomic E-state index is -0.459. The average Bonchev–Trinajstić information content (AvgIpc) is 3.42. The molecule has 0 N–H and O–H groups in total. The third-order valence-electron chi connectivity index (χ3n) is 4.52. The quantitative estimate of drug-likeness (QED) is 0.464. The van der Waals surface area contributed by atoms with Crippen molar-refractivity contribution in [2.75, 3.05) is 0 Å². The van der Waals surface area contributed by atoms with Gasteiger partial charge < -0.3 is 4.42 Å². The summed E-state index contributed by atoms with van der Waals surface area (Å²) in [6.07, 6.45) is 2.13. The smallest absolute Gasteiger partial charge is 0.269 e. The summed E-state index contributed by atoms with van der Waals surface area (Å²) in [6, 6.07) is 13.1. The van der Waals surface area contributed by atoms with E-state index in [2.05, 4.69) is 15.1 Å². The Kier molecular flexibility index (Phi) is 4.64. The van der Waals surface area contributed by atoms with Crippen LogP contribution >= 0.6 is 0 Å². The highest BCUT2D eigenvalue weighted by Gasteiger charge is 2.30. The Hall–Kier alpha value is -3.13. The zero-order chi connectivity index (χ0) is 18.8. The molecule has 7 nitrogen and oxygen atoms in total. The van der Waals surface area contributed by atoms with E-state index < -0.39 is 4.92 Å². The van der Waals surface area contributed by atoms with Crippen LogP contribution in [0.2, 0.25) is 0 Å². The van der Waals surface area contributed by atoms with Crippen LogP contribution in [0.15, 0.2) is 52.9 Å². The molecule has 1 aliphatic carbocycles. The summed E-state index contributed by atoms with van der Waals surface area (Å²) in [5, 5.41) is 18.8. The number of hydrogen-bond acceptors (Lipinski definition) is 6. The summed E-state index contributed by atoms with van der Waals surface area (Å²) in [5.41, 5.74) is 1.26. The highest BCUT2D eigenvalue weighted by Crippen LogP contribution is 2.30. The van der Waals surface area contributed by atoms with E-state index in [1.807, 2.05) is 6.07 Å². The summed E-state index contributed by atoms with van der Waals surface area (Å²) in [7, 11) is 0. The number of non-ortho nitro benzene ring substituents is 1. The normalized spacial score (nSPS) is 13.9. The molecule has 0 atom stereocenters. The molecular formula is C19H17FN4O3. The summed E-state index contributed by atoms with van der Waals surface area (Å²) in [4.78, 5) is 12.4. The largest absolute Gasteiger partial charge is 0.419 e. The zero-order valence-electron chi connectivity index (χ0n) is 14.4. The number of hydrogen-bond donors (Lipinski definition) is 0. The van der Waals surface area contributed by atoms with Crippen LogP contribution in [0, 0.1) is 15.9 Å². The van der Waals surface area contributed by atoms with Crippen molar-refractivity contribution in [2.24, 2.45) is 0 Å². The summed E-state index contributed by atoms with van der Waals surface area (Å²) >= 11 is 0. The molecule has 0 bridgehead atoms. The van der Waals surface area contributed by atoms with E-state index in [9.17, 15) is 14.5 Å². The molecule has 0 unspecified atom stereocenters. The van der Waals surface area contributed by atoms with Crippen molar-refractivity contribution in [1.29, 1.82) is 0 Å². The maximum absolute atomic E-state index is 14.0. The van der Waals surface area contributed by atoms with Crippen LogP contribution in [0.4, 0.5) is 10.1 Å². The summed E-state index contributed by atoms with van der Waals surface area (Å²) < 4.78 is 19.7. The number of nitro benzene ring substituents is 1. The van der Waals surface area contributed by atoms with E-state index in [1.54, 1.807) is 24.3 Å². The van der Waals surface area contributed by atoms with E-state index in [0.717, 1.165) is 12.8 Å². The molecule has 3 aromatic rings. The van der Waals surface area contributed by atoms with E-state index >= 15 is 0 Å². The first kappa shape index (κ1) is 17.3. The SMILES string of the molecule is O=[N+]([O-])c1ccc(-c2nnc(CN(Cc3ccccc3F)C3CC3)o2)cc1. The molecule has 1 heterocycles. The van der Waals surface area contributed by atoms with Gasteiger partial charge in [0, 0.05) is 35.8 Å². The minimum absolute atomic E-state index is 0.00304. The van der Waals surface area contributed by atoms with E-state index in [0.29, 0.717) is 42.0 Å². The van der Waals surface area contributed by atoms with Crippen LogP contribution in [0.25, 0.3) is 11.5 Å². The second kappa shape index (κ2) is 7.24. The lowest BCUT2D eigenvalue weighted by Crippen LogP contribution is -2.25. The second-order valence-corrected chi connectivity index (χ2v) is 6.53. The number of aromatic nitrogens is 2.